The molecule has 2 fully saturated rings. The van der Waals surface area contributed by atoms with Gasteiger partial charge in [0.15, 0.2) is 0 Å². The molecule has 3 rings (SSSR count). The van der Waals surface area contributed by atoms with E-state index in [0.717, 1.165) is 36.3 Å². The maximum Gasteiger partial charge on any atom is 0.308 e. The second-order valence-electron chi connectivity index (χ2n) is 4.60. The van der Waals surface area contributed by atoms with E-state index in [4.69, 9.17) is 5.11 Å². The van der Waals surface area contributed by atoms with Crippen molar-refractivity contribution in [3.8, 4) is 0 Å². The molecular weight excluding hydrogens is 206 g/mol. The smallest absolute Gasteiger partial charge is 0.308 e. The van der Waals surface area contributed by atoms with Gasteiger partial charge in [-0.05, 0) is 18.3 Å². The van der Waals surface area contributed by atoms with Crippen molar-refractivity contribution in [1.29, 1.82) is 0 Å². The van der Waals surface area contributed by atoms with E-state index < -0.39 is 5.97 Å². The predicted octanol–water partition coefficient (Wildman–Crippen LogP) is 0.560. The van der Waals surface area contributed by atoms with Crippen LogP contribution in [-0.4, -0.2) is 34.1 Å². The molecule has 0 aromatic carbocycles. The van der Waals surface area contributed by atoms with Crippen molar-refractivity contribution >= 4 is 11.8 Å². The minimum atomic E-state index is -0.833. The molecule has 1 aromatic heterocycles. The Kier molecular flexibility index (Phi) is 2.05. The number of piperidine rings is 1. The highest BCUT2D eigenvalue weighted by molar-refractivity contribution is 5.72. The molecule has 0 bridgehead atoms. The standard InChI is InChI=1S/C11H13N3O2/c15-10(16)2-7-3-12-6-13-11(7)14-4-8-1-9(8)5-14/h3,6,8-9H,1-2,4-5H2,(H,15,16). The molecule has 5 nitrogen and oxygen atoms in total. The number of anilines is 1. The maximum atomic E-state index is 10.7. The molecule has 0 amide bonds. The van der Waals surface area contributed by atoms with Gasteiger partial charge in [-0.25, -0.2) is 9.97 Å². The van der Waals surface area contributed by atoms with Crippen LogP contribution in [0.25, 0.3) is 0 Å². The Bertz CT molecular complexity index is 425. The second kappa shape index (κ2) is 3.43. The Labute approximate surface area is 93.1 Å². The Morgan fingerprint density at radius 2 is 2.25 bits per heavy atom. The molecule has 2 aliphatic rings. The van der Waals surface area contributed by atoms with Gasteiger partial charge >= 0.3 is 5.97 Å². The molecule has 2 unspecified atom stereocenters. The van der Waals surface area contributed by atoms with E-state index in [1.54, 1.807) is 6.20 Å². The van der Waals surface area contributed by atoms with E-state index in [-0.39, 0.29) is 6.42 Å². The van der Waals surface area contributed by atoms with Crippen molar-refractivity contribution in [2.75, 3.05) is 18.0 Å². The Morgan fingerprint density at radius 1 is 1.50 bits per heavy atom. The first-order valence-corrected chi connectivity index (χ1v) is 5.49. The lowest BCUT2D eigenvalue weighted by atomic mass is 10.2. The van der Waals surface area contributed by atoms with Gasteiger partial charge in [-0.15, -0.1) is 0 Å². The third-order valence-corrected chi connectivity index (χ3v) is 3.38. The Hall–Kier alpha value is -1.65. The van der Waals surface area contributed by atoms with Gasteiger partial charge < -0.3 is 10.0 Å². The van der Waals surface area contributed by atoms with Gasteiger partial charge in [-0.3, -0.25) is 4.79 Å². The number of rotatable bonds is 3. The van der Waals surface area contributed by atoms with Crippen molar-refractivity contribution in [3.05, 3.63) is 18.1 Å². The number of carbonyl (C=O) groups is 1. The number of carboxylic acids is 1. The second-order valence-corrected chi connectivity index (χ2v) is 4.60. The van der Waals surface area contributed by atoms with Gasteiger partial charge in [-0.1, -0.05) is 0 Å². The molecule has 1 aliphatic heterocycles. The maximum absolute atomic E-state index is 10.7. The molecule has 1 aromatic rings. The van der Waals surface area contributed by atoms with E-state index in [0.29, 0.717) is 0 Å². The summed E-state index contributed by atoms with van der Waals surface area (Å²) in [6.45, 7) is 2.04. The zero-order valence-electron chi connectivity index (χ0n) is 8.83. The highest BCUT2D eigenvalue weighted by Crippen LogP contribution is 2.46. The summed E-state index contributed by atoms with van der Waals surface area (Å²) >= 11 is 0. The normalized spacial score (nSPS) is 26.6. The van der Waals surface area contributed by atoms with Gasteiger partial charge in [-0.2, -0.15) is 0 Å². The summed E-state index contributed by atoms with van der Waals surface area (Å²) in [7, 11) is 0. The third kappa shape index (κ3) is 1.62. The number of fused-ring (bicyclic) bond motifs is 1. The van der Waals surface area contributed by atoms with Crippen LogP contribution >= 0.6 is 0 Å². The molecule has 0 radical (unpaired) electrons. The molecule has 2 heterocycles. The summed E-state index contributed by atoms with van der Waals surface area (Å²) in [5.41, 5.74) is 0.719. The summed E-state index contributed by atoms with van der Waals surface area (Å²) in [5, 5.41) is 8.82. The van der Waals surface area contributed by atoms with E-state index in [2.05, 4.69) is 14.9 Å². The van der Waals surface area contributed by atoms with Gasteiger partial charge in [0.2, 0.25) is 0 Å². The van der Waals surface area contributed by atoms with Crippen LogP contribution in [0.2, 0.25) is 0 Å². The molecular formula is C11H13N3O2. The number of carboxylic acid groups (broad SMARTS) is 1. The fourth-order valence-corrected chi connectivity index (χ4v) is 2.50. The summed E-state index contributed by atoms with van der Waals surface area (Å²) in [6.07, 6.45) is 4.43. The first-order chi connectivity index (χ1) is 7.74. The lowest BCUT2D eigenvalue weighted by Gasteiger charge is -2.20. The number of hydrogen-bond donors (Lipinski definition) is 1. The van der Waals surface area contributed by atoms with Crippen LogP contribution in [0.4, 0.5) is 5.82 Å². The van der Waals surface area contributed by atoms with Crippen molar-refractivity contribution in [3.63, 3.8) is 0 Å². The largest absolute Gasteiger partial charge is 0.481 e. The van der Waals surface area contributed by atoms with Gasteiger partial charge in [0, 0.05) is 24.8 Å². The topological polar surface area (TPSA) is 66.3 Å². The average molecular weight is 219 g/mol. The average Bonchev–Trinajstić information content (AvgIpc) is 2.86. The molecule has 0 spiro atoms. The zero-order chi connectivity index (χ0) is 11.1. The monoisotopic (exact) mass is 219 g/mol. The highest BCUT2D eigenvalue weighted by atomic mass is 16.4. The molecule has 1 saturated carbocycles. The van der Waals surface area contributed by atoms with Crippen molar-refractivity contribution in [1.82, 2.24) is 9.97 Å². The first kappa shape index (κ1) is 9.57. The number of aromatic nitrogens is 2. The predicted molar refractivity (Wildman–Crippen MR) is 57.2 cm³/mol. The van der Waals surface area contributed by atoms with Crippen LogP contribution in [0, 0.1) is 11.8 Å². The fraction of sp³-hybridized carbons (Fsp3) is 0.545. The Balaban J connectivity index is 1.84. The van der Waals surface area contributed by atoms with Crippen molar-refractivity contribution < 1.29 is 9.90 Å². The van der Waals surface area contributed by atoms with Gasteiger partial charge in [0.25, 0.3) is 0 Å². The van der Waals surface area contributed by atoms with Gasteiger partial charge in [0.05, 0.1) is 6.42 Å². The fourth-order valence-electron chi connectivity index (χ4n) is 2.50. The summed E-state index contributed by atoms with van der Waals surface area (Å²) < 4.78 is 0. The third-order valence-electron chi connectivity index (χ3n) is 3.38. The minimum Gasteiger partial charge on any atom is -0.481 e. The lowest BCUT2D eigenvalue weighted by Crippen LogP contribution is -2.25. The lowest BCUT2D eigenvalue weighted by molar-refractivity contribution is -0.136. The van der Waals surface area contributed by atoms with Crippen molar-refractivity contribution in [2.24, 2.45) is 11.8 Å². The number of nitrogens with zero attached hydrogens (tertiary/aromatic N) is 3. The number of hydrogen-bond acceptors (Lipinski definition) is 4. The SMILES string of the molecule is O=C(O)Cc1cncnc1N1CC2CC2C1. The quantitative estimate of drug-likeness (QED) is 0.804. The van der Waals surface area contributed by atoms with Crippen molar-refractivity contribution in [2.45, 2.75) is 12.8 Å². The minimum absolute atomic E-state index is 0.00199. The molecule has 1 aliphatic carbocycles. The van der Waals surface area contributed by atoms with Crippen LogP contribution < -0.4 is 4.90 Å². The molecule has 2 atom stereocenters. The summed E-state index contributed by atoms with van der Waals surface area (Å²) in [4.78, 5) is 21.0. The molecule has 16 heavy (non-hydrogen) atoms. The van der Waals surface area contributed by atoms with Gasteiger partial charge in [0.1, 0.15) is 12.1 Å². The van der Waals surface area contributed by atoms with Crippen LogP contribution in [0.15, 0.2) is 12.5 Å². The Morgan fingerprint density at radius 3 is 2.94 bits per heavy atom. The van der Waals surface area contributed by atoms with Crippen LogP contribution in [0.1, 0.15) is 12.0 Å². The first-order valence-electron chi connectivity index (χ1n) is 5.49. The summed E-state index contributed by atoms with van der Waals surface area (Å²) in [5.74, 6) is 1.60. The van der Waals surface area contributed by atoms with Crippen LogP contribution in [0.5, 0.6) is 0 Å². The van der Waals surface area contributed by atoms with Crippen LogP contribution in [0.3, 0.4) is 0 Å². The summed E-state index contributed by atoms with van der Waals surface area (Å²) in [6, 6.07) is 0. The number of aliphatic carboxylic acids is 1. The highest BCUT2D eigenvalue weighted by Gasteiger charge is 2.45. The van der Waals surface area contributed by atoms with E-state index in [1.165, 1.54) is 12.7 Å². The molecule has 1 saturated heterocycles. The van der Waals surface area contributed by atoms with E-state index >= 15 is 0 Å². The molecule has 5 heteroatoms. The zero-order valence-corrected chi connectivity index (χ0v) is 8.83. The molecule has 1 N–H and O–H groups in total. The van der Waals surface area contributed by atoms with E-state index in [9.17, 15) is 4.79 Å². The van der Waals surface area contributed by atoms with Crippen LogP contribution in [-0.2, 0) is 11.2 Å². The molecule has 84 valence electrons. The van der Waals surface area contributed by atoms with E-state index in [1.807, 2.05) is 0 Å².